The van der Waals surface area contributed by atoms with Crippen LogP contribution in [0.25, 0.3) is 5.95 Å². The lowest BCUT2D eigenvalue weighted by molar-refractivity contribution is 0.211. The average molecular weight is 370 g/mol. The lowest BCUT2D eigenvalue weighted by atomic mass is 10.0. The van der Waals surface area contributed by atoms with Crippen LogP contribution in [0.3, 0.4) is 0 Å². The lowest BCUT2D eigenvalue weighted by Gasteiger charge is -2.32. The third-order valence-electron chi connectivity index (χ3n) is 4.48. The van der Waals surface area contributed by atoms with Crippen LogP contribution in [-0.2, 0) is 6.54 Å². The highest BCUT2D eigenvalue weighted by atomic mass is 35.5. The van der Waals surface area contributed by atoms with Gasteiger partial charge < -0.3 is 5.32 Å². The molecule has 0 amide bonds. The summed E-state index contributed by atoms with van der Waals surface area (Å²) in [4.78, 5) is 15.2. The van der Waals surface area contributed by atoms with Crippen molar-refractivity contribution in [1.29, 1.82) is 0 Å². The van der Waals surface area contributed by atoms with Crippen LogP contribution in [0, 0.1) is 0 Å². The summed E-state index contributed by atoms with van der Waals surface area (Å²) >= 11 is 6.05. The summed E-state index contributed by atoms with van der Waals surface area (Å²) in [5, 5.41) is 7.69. The molecule has 4 rings (SSSR count). The van der Waals surface area contributed by atoms with Gasteiger partial charge in [0.25, 0.3) is 5.95 Å². The lowest BCUT2D eigenvalue weighted by Crippen LogP contribution is -2.39. The van der Waals surface area contributed by atoms with Crippen LogP contribution in [0.2, 0.25) is 5.28 Å². The Kier molecular flexibility index (Phi) is 5.08. The summed E-state index contributed by atoms with van der Waals surface area (Å²) in [6.45, 7) is 3.07. The number of rotatable bonds is 5. The van der Waals surface area contributed by atoms with Crippen molar-refractivity contribution < 1.29 is 0 Å². The number of piperidine rings is 1. The van der Waals surface area contributed by atoms with Crippen molar-refractivity contribution in [3.8, 4) is 5.95 Å². The SMILES string of the molecule is Clc1nc(NC2CCN(Cc3ccccc3)CC2)nc(-n2cccn2)n1. The zero-order chi connectivity index (χ0) is 17.8. The Morgan fingerprint density at radius 3 is 2.58 bits per heavy atom. The number of hydrogen-bond acceptors (Lipinski definition) is 6. The predicted molar refractivity (Wildman–Crippen MR) is 100 cm³/mol. The number of halogens is 1. The van der Waals surface area contributed by atoms with E-state index in [-0.39, 0.29) is 5.28 Å². The first kappa shape index (κ1) is 16.9. The molecule has 1 fully saturated rings. The first-order valence-corrected chi connectivity index (χ1v) is 9.08. The van der Waals surface area contributed by atoms with Crippen molar-refractivity contribution in [2.24, 2.45) is 0 Å². The van der Waals surface area contributed by atoms with Gasteiger partial charge in [-0.2, -0.15) is 20.1 Å². The fourth-order valence-electron chi connectivity index (χ4n) is 3.15. The molecule has 0 saturated carbocycles. The summed E-state index contributed by atoms with van der Waals surface area (Å²) in [5.74, 6) is 0.913. The van der Waals surface area contributed by atoms with Gasteiger partial charge in [-0.15, -0.1) is 0 Å². The van der Waals surface area contributed by atoms with Gasteiger partial charge in [-0.25, -0.2) is 4.68 Å². The Morgan fingerprint density at radius 2 is 1.85 bits per heavy atom. The maximum Gasteiger partial charge on any atom is 0.256 e. The van der Waals surface area contributed by atoms with Crippen LogP contribution >= 0.6 is 11.6 Å². The minimum atomic E-state index is 0.162. The number of anilines is 1. The topological polar surface area (TPSA) is 71.8 Å². The molecular weight excluding hydrogens is 350 g/mol. The summed E-state index contributed by atoms with van der Waals surface area (Å²) < 4.78 is 1.57. The van der Waals surface area contributed by atoms with E-state index in [1.54, 1.807) is 17.1 Å². The third-order valence-corrected chi connectivity index (χ3v) is 4.64. The van der Waals surface area contributed by atoms with Crippen molar-refractivity contribution in [2.45, 2.75) is 25.4 Å². The quantitative estimate of drug-likeness (QED) is 0.745. The van der Waals surface area contributed by atoms with E-state index in [1.807, 2.05) is 6.07 Å². The second-order valence-electron chi connectivity index (χ2n) is 6.36. The molecule has 3 aromatic rings. The molecule has 26 heavy (non-hydrogen) atoms. The molecule has 134 valence electrons. The first-order chi connectivity index (χ1) is 12.8. The molecular formula is C18H20ClN7. The Labute approximate surface area is 157 Å². The van der Waals surface area contributed by atoms with E-state index < -0.39 is 0 Å². The molecule has 0 bridgehead atoms. The number of nitrogens with one attached hydrogen (secondary N) is 1. The zero-order valence-electron chi connectivity index (χ0n) is 14.3. The van der Waals surface area contributed by atoms with Gasteiger partial charge in [0, 0.05) is 38.1 Å². The molecule has 1 aliphatic rings. The summed E-state index contributed by atoms with van der Waals surface area (Å²) in [5.41, 5.74) is 1.35. The van der Waals surface area contributed by atoms with Crippen molar-refractivity contribution in [2.75, 3.05) is 18.4 Å². The van der Waals surface area contributed by atoms with Crippen LogP contribution < -0.4 is 5.32 Å². The molecule has 3 heterocycles. The zero-order valence-corrected chi connectivity index (χ0v) is 15.0. The number of nitrogens with zero attached hydrogens (tertiary/aromatic N) is 6. The molecule has 0 radical (unpaired) electrons. The van der Waals surface area contributed by atoms with E-state index in [2.05, 4.69) is 60.6 Å². The van der Waals surface area contributed by atoms with Crippen molar-refractivity contribution in [3.63, 3.8) is 0 Å². The van der Waals surface area contributed by atoms with E-state index >= 15 is 0 Å². The smallest absolute Gasteiger partial charge is 0.256 e. The highest BCUT2D eigenvalue weighted by Gasteiger charge is 2.20. The van der Waals surface area contributed by atoms with Crippen LogP contribution in [0.15, 0.2) is 48.8 Å². The molecule has 1 aliphatic heterocycles. The number of aromatic nitrogens is 5. The van der Waals surface area contributed by atoms with E-state index in [0.717, 1.165) is 32.5 Å². The van der Waals surface area contributed by atoms with Crippen LogP contribution in [0.1, 0.15) is 18.4 Å². The van der Waals surface area contributed by atoms with Gasteiger partial charge in [0.05, 0.1) is 0 Å². The van der Waals surface area contributed by atoms with Crippen LogP contribution in [0.4, 0.5) is 5.95 Å². The molecule has 7 nitrogen and oxygen atoms in total. The molecule has 1 aromatic carbocycles. The molecule has 2 aromatic heterocycles. The minimum absolute atomic E-state index is 0.162. The van der Waals surface area contributed by atoms with E-state index in [1.165, 1.54) is 5.56 Å². The Bertz CT molecular complexity index is 830. The largest absolute Gasteiger partial charge is 0.351 e. The standard InChI is InChI=1S/C18H20ClN7/c19-16-22-17(24-18(23-16)26-10-4-9-20-26)21-15-7-11-25(12-8-15)13-14-5-2-1-3-6-14/h1-6,9-10,15H,7-8,11-13H2,(H,21,22,23,24). The first-order valence-electron chi connectivity index (χ1n) is 8.71. The van der Waals surface area contributed by atoms with Crippen molar-refractivity contribution in [3.05, 3.63) is 59.6 Å². The molecule has 0 atom stereocenters. The average Bonchev–Trinajstić information content (AvgIpc) is 3.19. The van der Waals surface area contributed by atoms with E-state index in [9.17, 15) is 0 Å². The van der Waals surface area contributed by atoms with Crippen molar-refractivity contribution in [1.82, 2.24) is 29.6 Å². The van der Waals surface area contributed by atoms with Crippen LogP contribution in [0.5, 0.6) is 0 Å². The van der Waals surface area contributed by atoms with Crippen molar-refractivity contribution >= 4 is 17.5 Å². The fraction of sp³-hybridized carbons (Fsp3) is 0.333. The number of benzene rings is 1. The van der Waals surface area contributed by atoms with Gasteiger partial charge in [-0.05, 0) is 36.1 Å². The third kappa shape index (κ3) is 4.17. The predicted octanol–water partition coefficient (Wildman–Crippen LogP) is 2.79. The highest BCUT2D eigenvalue weighted by Crippen LogP contribution is 2.17. The Balaban J connectivity index is 1.36. The number of likely N-dealkylation sites (tertiary alicyclic amines) is 1. The Morgan fingerprint density at radius 1 is 1.04 bits per heavy atom. The van der Waals surface area contributed by atoms with Crippen LogP contribution in [-0.4, -0.2) is 48.8 Å². The maximum absolute atomic E-state index is 6.05. The van der Waals surface area contributed by atoms with Gasteiger partial charge in [-0.1, -0.05) is 30.3 Å². The summed E-state index contributed by atoms with van der Waals surface area (Å²) in [6.07, 6.45) is 5.52. The molecule has 8 heteroatoms. The summed E-state index contributed by atoms with van der Waals surface area (Å²) in [6, 6.07) is 12.7. The summed E-state index contributed by atoms with van der Waals surface area (Å²) in [7, 11) is 0. The number of hydrogen-bond donors (Lipinski definition) is 1. The molecule has 1 saturated heterocycles. The van der Waals surface area contributed by atoms with E-state index in [0.29, 0.717) is 17.9 Å². The second kappa shape index (κ2) is 7.80. The van der Waals surface area contributed by atoms with E-state index in [4.69, 9.17) is 11.6 Å². The van der Waals surface area contributed by atoms with Gasteiger partial charge in [0.1, 0.15) is 0 Å². The normalized spacial score (nSPS) is 15.9. The van der Waals surface area contributed by atoms with Gasteiger partial charge in [0.2, 0.25) is 11.2 Å². The molecule has 0 unspecified atom stereocenters. The molecule has 0 aliphatic carbocycles. The highest BCUT2D eigenvalue weighted by molar-refractivity contribution is 6.28. The fourth-order valence-corrected chi connectivity index (χ4v) is 3.31. The molecule has 0 spiro atoms. The second-order valence-corrected chi connectivity index (χ2v) is 6.70. The van der Waals surface area contributed by atoms with Gasteiger partial charge in [-0.3, -0.25) is 4.90 Å². The van der Waals surface area contributed by atoms with Gasteiger partial charge >= 0.3 is 0 Å². The molecule has 1 N–H and O–H groups in total. The Hall–Kier alpha value is -2.51. The monoisotopic (exact) mass is 369 g/mol. The maximum atomic E-state index is 6.05. The minimum Gasteiger partial charge on any atom is -0.351 e. The van der Waals surface area contributed by atoms with Gasteiger partial charge in [0.15, 0.2) is 0 Å².